The normalized spacial score (nSPS) is 17.3. The SMILES string of the molecule is CC(C)[C@@H]1NC(=O)N(CC(=O)NCCCCc2ccccc2)C1=O. The maximum absolute atomic E-state index is 12.1. The van der Waals surface area contributed by atoms with Crippen LogP contribution in [-0.4, -0.2) is 41.9 Å². The van der Waals surface area contributed by atoms with Crippen LogP contribution < -0.4 is 10.6 Å². The lowest BCUT2D eigenvalue weighted by molar-refractivity contribution is -0.132. The molecule has 0 aliphatic carbocycles. The molecule has 1 fully saturated rings. The predicted octanol–water partition coefficient (Wildman–Crippen LogP) is 1.70. The lowest BCUT2D eigenvalue weighted by Crippen LogP contribution is -2.41. The molecule has 0 radical (unpaired) electrons. The standard InChI is InChI=1S/C18H25N3O3/c1-13(2)16-17(23)21(18(24)20-16)12-15(22)19-11-7-6-10-14-8-4-3-5-9-14/h3-5,8-9,13,16H,6-7,10-12H2,1-2H3,(H,19,22)(H,20,24)/t16-/m0/s1. The smallest absolute Gasteiger partial charge is 0.325 e. The fourth-order valence-electron chi connectivity index (χ4n) is 2.67. The molecule has 0 saturated carbocycles. The molecule has 2 N–H and O–H groups in total. The largest absolute Gasteiger partial charge is 0.355 e. The van der Waals surface area contributed by atoms with Crippen molar-refractivity contribution in [1.29, 1.82) is 0 Å². The fourth-order valence-corrected chi connectivity index (χ4v) is 2.67. The molecule has 1 aromatic rings. The summed E-state index contributed by atoms with van der Waals surface area (Å²) in [5.41, 5.74) is 1.28. The van der Waals surface area contributed by atoms with Gasteiger partial charge in [0.2, 0.25) is 5.91 Å². The van der Waals surface area contributed by atoms with Gasteiger partial charge in [0.15, 0.2) is 0 Å². The van der Waals surface area contributed by atoms with Crippen LogP contribution >= 0.6 is 0 Å². The number of rotatable bonds is 8. The zero-order valence-corrected chi connectivity index (χ0v) is 14.2. The summed E-state index contributed by atoms with van der Waals surface area (Å²) < 4.78 is 0. The van der Waals surface area contributed by atoms with Gasteiger partial charge in [0.25, 0.3) is 5.91 Å². The first-order valence-electron chi connectivity index (χ1n) is 8.41. The zero-order chi connectivity index (χ0) is 17.5. The Hall–Kier alpha value is -2.37. The van der Waals surface area contributed by atoms with Gasteiger partial charge in [-0.3, -0.25) is 14.5 Å². The zero-order valence-electron chi connectivity index (χ0n) is 14.2. The number of carbonyl (C=O) groups excluding carboxylic acids is 3. The van der Waals surface area contributed by atoms with Crippen molar-refractivity contribution in [2.75, 3.05) is 13.1 Å². The van der Waals surface area contributed by atoms with Crippen LogP contribution in [0, 0.1) is 5.92 Å². The van der Waals surface area contributed by atoms with E-state index in [0.29, 0.717) is 6.54 Å². The number of amides is 4. The molecule has 0 spiro atoms. The molecule has 6 heteroatoms. The molecular weight excluding hydrogens is 306 g/mol. The van der Waals surface area contributed by atoms with Crippen molar-refractivity contribution in [2.45, 2.75) is 39.2 Å². The first-order valence-corrected chi connectivity index (χ1v) is 8.41. The fraction of sp³-hybridized carbons (Fsp3) is 0.500. The number of aryl methyl sites for hydroxylation is 1. The summed E-state index contributed by atoms with van der Waals surface area (Å²) in [6, 6.07) is 9.17. The van der Waals surface area contributed by atoms with Crippen LogP contribution in [0.3, 0.4) is 0 Å². The van der Waals surface area contributed by atoms with Gasteiger partial charge in [0, 0.05) is 6.54 Å². The van der Waals surface area contributed by atoms with Crippen molar-refractivity contribution in [3.8, 4) is 0 Å². The summed E-state index contributed by atoms with van der Waals surface area (Å²) in [6.45, 7) is 4.05. The maximum Gasteiger partial charge on any atom is 0.325 e. The molecule has 1 heterocycles. The van der Waals surface area contributed by atoms with Gasteiger partial charge in [0.05, 0.1) is 0 Å². The van der Waals surface area contributed by atoms with E-state index >= 15 is 0 Å². The van der Waals surface area contributed by atoms with Crippen LogP contribution in [0.15, 0.2) is 30.3 Å². The van der Waals surface area contributed by atoms with E-state index in [0.717, 1.165) is 24.2 Å². The van der Waals surface area contributed by atoms with Crippen molar-refractivity contribution in [3.05, 3.63) is 35.9 Å². The van der Waals surface area contributed by atoms with E-state index in [-0.39, 0.29) is 24.3 Å². The Morgan fingerprint density at radius 1 is 1.21 bits per heavy atom. The number of unbranched alkanes of at least 4 members (excludes halogenated alkanes) is 1. The molecule has 0 unspecified atom stereocenters. The summed E-state index contributed by atoms with van der Waals surface area (Å²) in [5.74, 6) is -0.621. The first kappa shape index (κ1) is 18.0. The molecule has 1 aliphatic rings. The van der Waals surface area contributed by atoms with E-state index in [2.05, 4.69) is 22.8 Å². The molecule has 24 heavy (non-hydrogen) atoms. The van der Waals surface area contributed by atoms with E-state index in [1.807, 2.05) is 32.0 Å². The highest BCUT2D eigenvalue weighted by Gasteiger charge is 2.40. The average Bonchev–Trinajstić information content (AvgIpc) is 2.84. The van der Waals surface area contributed by atoms with Gasteiger partial charge in [0.1, 0.15) is 12.6 Å². The molecule has 0 bridgehead atoms. The van der Waals surface area contributed by atoms with Crippen molar-refractivity contribution >= 4 is 17.8 Å². The van der Waals surface area contributed by atoms with E-state index in [1.54, 1.807) is 0 Å². The Balaban J connectivity index is 1.66. The second-order valence-corrected chi connectivity index (χ2v) is 6.39. The molecule has 130 valence electrons. The lowest BCUT2D eigenvalue weighted by Gasteiger charge is -2.14. The second-order valence-electron chi connectivity index (χ2n) is 6.39. The Bertz CT molecular complexity index is 586. The van der Waals surface area contributed by atoms with Crippen molar-refractivity contribution in [1.82, 2.24) is 15.5 Å². The van der Waals surface area contributed by atoms with Gasteiger partial charge in [-0.05, 0) is 30.7 Å². The molecule has 1 aliphatic heterocycles. The Morgan fingerprint density at radius 2 is 1.92 bits per heavy atom. The highest BCUT2D eigenvalue weighted by Crippen LogP contribution is 2.13. The molecule has 6 nitrogen and oxygen atoms in total. The number of urea groups is 1. The molecule has 4 amide bonds. The van der Waals surface area contributed by atoms with E-state index < -0.39 is 12.1 Å². The monoisotopic (exact) mass is 331 g/mol. The average molecular weight is 331 g/mol. The van der Waals surface area contributed by atoms with E-state index in [9.17, 15) is 14.4 Å². The van der Waals surface area contributed by atoms with Crippen LogP contribution in [0.2, 0.25) is 0 Å². The Labute approximate surface area is 142 Å². The summed E-state index contributed by atoms with van der Waals surface area (Å²) in [4.78, 5) is 36.8. The van der Waals surface area contributed by atoms with Crippen LogP contribution in [0.5, 0.6) is 0 Å². The topological polar surface area (TPSA) is 78.5 Å². The molecule has 2 rings (SSSR count). The first-order chi connectivity index (χ1) is 11.5. The van der Waals surface area contributed by atoms with Gasteiger partial charge < -0.3 is 10.6 Å². The van der Waals surface area contributed by atoms with Gasteiger partial charge >= 0.3 is 6.03 Å². The summed E-state index contributed by atoms with van der Waals surface area (Å²) in [6.07, 6.45) is 2.80. The lowest BCUT2D eigenvalue weighted by atomic mass is 10.1. The number of nitrogens with one attached hydrogen (secondary N) is 2. The number of imide groups is 1. The summed E-state index contributed by atoms with van der Waals surface area (Å²) in [7, 11) is 0. The maximum atomic E-state index is 12.1. The second kappa shape index (κ2) is 8.47. The van der Waals surface area contributed by atoms with Gasteiger partial charge in [-0.2, -0.15) is 0 Å². The Kier molecular flexibility index (Phi) is 6.35. The highest BCUT2D eigenvalue weighted by atomic mass is 16.2. The van der Waals surface area contributed by atoms with Gasteiger partial charge in [-0.25, -0.2) is 4.79 Å². The third-order valence-electron chi connectivity index (χ3n) is 4.08. The minimum atomic E-state index is -0.531. The molecule has 0 aromatic heterocycles. The van der Waals surface area contributed by atoms with Crippen LogP contribution in [0.1, 0.15) is 32.3 Å². The number of nitrogens with zero attached hydrogens (tertiary/aromatic N) is 1. The number of benzene rings is 1. The minimum absolute atomic E-state index is 0.00694. The highest BCUT2D eigenvalue weighted by molar-refractivity contribution is 6.06. The molecule has 1 saturated heterocycles. The minimum Gasteiger partial charge on any atom is -0.355 e. The number of carbonyl (C=O) groups is 3. The molecular formula is C18H25N3O3. The van der Waals surface area contributed by atoms with Gasteiger partial charge in [-0.1, -0.05) is 44.2 Å². The van der Waals surface area contributed by atoms with Crippen LogP contribution in [-0.2, 0) is 16.0 Å². The van der Waals surface area contributed by atoms with Crippen molar-refractivity contribution < 1.29 is 14.4 Å². The van der Waals surface area contributed by atoms with Crippen LogP contribution in [0.4, 0.5) is 4.79 Å². The van der Waals surface area contributed by atoms with Crippen LogP contribution in [0.25, 0.3) is 0 Å². The molecule has 1 atom stereocenters. The summed E-state index contributed by atoms with van der Waals surface area (Å²) >= 11 is 0. The Morgan fingerprint density at radius 3 is 2.54 bits per heavy atom. The predicted molar refractivity (Wildman–Crippen MR) is 91.3 cm³/mol. The number of hydrogen-bond donors (Lipinski definition) is 2. The van der Waals surface area contributed by atoms with Crippen molar-refractivity contribution in [3.63, 3.8) is 0 Å². The summed E-state index contributed by atoms with van der Waals surface area (Å²) in [5, 5.41) is 5.38. The van der Waals surface area contributed by atoms with E-state index in [1.165, 1.54) is 5.56 Å². The van der Waals surface area contributed by atoms with Gasteiger partial charge in [-0.15, -0.1) is 0 Å². The van der Waals surface area contributed by atoms with E-state index in [4.69, 9.17) is 0 Å². The number of hydrogen-bond acceptors (Lipinski definition) is 3. The molecule has 1 aromatic carbocycles. The third kappa shape index (κ3) is 4.81. The third-order valence-corrected chi connectivity index (χ3v) is 4.08. The van der Waals surface area contributed by atoms with Crippen molar-refractivity contribution in [2.24, 2.45) is 5.92 Å². The quantitative estimate of drug-likeness (QED) is 0.562.